The number of nitrogens with one attached hydrogen (secondary N) is 2. The van der Waals surface area contributed by atoms with E-state index in [9.17, 15) is 39.9 Å². The van der Waals surface area contributed by atoms with Gasteiger partial charge in [-0.15, -0.1) is 61.2 Å². The average molecular weight is 1880 g/mol. The molecule has 2 atom stereocenters. The van der Waals surface area contributed by atoms with Crippen LogP contribution in [-0.2, 0) is 64.2 Å². The number of hydrogen-bond acceptors (Lipinski definition) is 32. The Balaban J connectivity index is 0.00000143. The summed E-state index contributed by atoms with van der Waals surface area (Å²) in [5.41, 5.74) is 12.1. The molecule has 1 fully saturated rings. The number of aryl methyl sites for hydroxylation is 6. The van der Waals surface area contributed by atoms with Gasteiger partial charge < -0.3 is 53.3 Å². The van der Waals surface area contributed by atoms with Crippen LogP contribution in [0.3, 0.4) is 0 Å². The zero-order chi connectivity index (χ0) is 87.9. The monoisotopic (exact) mass is 1880 g/mol. The number of fused-ring (bicyclic) bond motifs is 4. The molecule has 1 aliphatic heterocycles. The molecule has 0 aromatic carbocycles. The second-order valence-electron chi connectivity index (χ2n) is 25.5. The lowest BCUT2D eigenvalue weighted by atomic mass is 9.80. The fourth-order valence-electron chi connectivity index (χ4n) is 9.04. The lowest BCUT2D eigenvalue weighted by Gasteiger charge is -2.32. The van der Waals surface area contributed by atoms with Crippen LogP contribution in [-0.4, -0.2) is 200 Å². The van der Waals surface area contributed by atoms with Gasteiger partial charge in [-0.1, -0.05) is 103 Å². The molecule has 686 valence electrons. The molecular formula is C73H103BCl6F8N26O10. The van der Waals surface area contributed by atoms with E-state index in [-0.39, 0.29) is 68.8 Å². The number of nitrogen functional groups attached to an aromatic ring is 2. The number of halogens is 14. The number of rotatable bonds is 18. The number of hydrazine groups is 2. The van der Waals surface area contributed by atoms with Crippen LogP contribution in [0.25, 0.3) is 33.8 Å². The van der Waals surface area contributed by atoms with Gasteiger partial charge in [-0.3, -0.25) is 4.79 Å². The Hall–Kier alpha value is -9.59. The van der Waals surface area contributed by atoms with Crippen molar-refractivity contribution >= 4 is 122 Å². The van der Waals surface area contributed by atoms with Gasteiger partial charge >= 0.3 is 19.5 Å². The van der Waals surface area contributed by atoms with Crippen molar-refractivity contribution in [3.8, 4) is 23.0 Å². The number of aromatic nitrogens is 22. The minimum absolute atomic E-state index is 0. The van der Waals surface area contributed by atoms with Crippen molar-refractivity contribution in [1.82, 2.24) is 110 Å². The van der Waals surface area contributed by atoms with E-state index in [1.165, 1.54) is 31.1 Å². The number of pyridine rings is 2. The Kier molecular flexibility index (Phi) is 47.8. The average Bonchev–Trinajstić information content (AvgIpc) is 1.61. The minimum atomic E-state index is -4.62. The number of carbonyl (C=O) groups is 1. The van der Waals surface area contributed by atoms with Crippen molar-refractivity contribution in [3.63, 3.8) is 0 Å². The highest BCUT2D eigenvalue weighted by molar-refractivity contribution is 6.64. The number of alkyl halides is 6. The van der Waals surface area contributed by atoms with Crippen LogP contribution in [0.4, 0.5) is 46.8 Å². The van der Waals surface area contributed by atoms with E-state index in [1.807, 2.05) is 74.4 Å². The number of nitrogens with two attached hydrogens (primary N) is 2. The highest BCUT2D eigenvalue weighted by Crippen LogP contribution is 2.37. The SMILES string of the molecule is C.C.C.C.C.C.COCC(=O)Cl.COCc1nnc2c(C)cc(Cl)nn12.COCc1nnc2cc(C)c(-c3cnc(O[C@H](C)C(F)(F)F)c(F)c3)nn12.COCc1nnc2cc(C)c(Cl)nn12.COCc1nnc2cc(C)c(Cl)nn12.C[C@@H](Oc1ncc(B2OC(C)(C)C(C)(C)O2)cc1F)C(F)(F)F.Cc1cc(Cl)nnc1NN.Cc1cc(NN)nnc1Cl. The predicted octanol–water partition coefficient (Wildman–Crippen LogP) is 15.3. The van der Waals surface area contributed by atoms with Crippen LogP contribution >= 0.6 is 69.6 Å². The van der Waals surface area contributed by atoms with Crippen molar-refractivity contribution in [2.75, 3.05) is 53.0 Å². The molecule has 124 heavy (non-hydrogen) atoms. The van der Waals surface area contributed by atoms with E-state index < -0.39 is 71.5 Å². The van der Waals surface area contributed by atoms with Gasteiger partial charge in [0, 0.05) is 59.0 Å². The van der Waals surface area contributed by atoms with E-state index in [2.05, 4.69) is 117 Å². The lowest BCUT2D eigenvalue weighted by molar-refractivity contribution is -0.190. The zero-order valence-electron chi connectivity index (χ0n) is 65.9. The Morgan fingerprint density at radius 2 is 0.887 bits per heavy atom. The van der Waals surface area contributed by atoms with Gasteiger partial charge in [-0.2, -0.15) is 64.8 Å². The van der Waals surface area contributed by atoms with Crippen LogP contribution < -0.4 is 37.5 Å². The first-order valence-corrected chi connectivity index (χ1v) is 36.3. The largest absolute Gasteiger partial charge is 0.496 e. The van der Waals surface area contributed by atoms with E-state index in [1.54, 1.807) is 66.1 Å². The summed E-state index contributed by atoms with van der Waals surface area (Å²) >= 11 is 33.5. The molecule has 0 bridgehead atoms. The van der Waals surface area contributed by atoms with Gasteiger partial charge in [0.25, 0.3) is 11.8 Å². The van der Waals surface area contributed by atoms with E-state index >= 15 is 0 Å². The van der Waals surface area contributed by atoms with Crippen LogP contribution in [0.2, 0.25) is 25.8 Å². The highest BCUT2D eigenvalue weighted by Gasteiger charge is 2.52. The minimum Gasteiger partial charge on any atom is -0.463 e. The van der Waals surface area contributed by atoms with Crippen LogP contribution in [0.1, 0.15) is 143 Å². The molecule has 51 heteroatoms. The summed E-state index contributed by atoms with van der Waals surface area (Å²) in [5.74, 6) is 10.1. The first kappa shape index (κ1) is 114. The maximum Gasteiger partial charge on any atom is 0.496 e. The molecule has 13 rings (SSSR count). The van der Waals surface area contributed by atoms with Gasteiger partial charge in [0.15, 0.2) is 107 Å². The standard InChI is InChI=1S/C16H15F4N5O2.C14H18BF4NO3.3C8H9ClN4O.2C5H7ClN4.C3H5ClO2.6CH4/c1-8-4-12-22-23-13(7-26-3)25(12)24-14(8)10-5-11(17)15(21-6-10)27-9(2)16(18,19)20;1-8(14(17,18)19)21-11-10(16)6-9(7-20-11)15-22-12(2,3)13(4,5)23-15;2*1-5-3-6-10-11-7(4-14-2)13(6)12-8(5)9;1-5-3-6(9)12-13-7(4-14-2)10-11-8(5)13;1-3-2-4(8-7)9-10-5(3)6;1-3-2-4(6)9-10-5(3)8-7;1-6-2-3(4)5;;;;;;/h4-6,9H,7H2,1-3H3;6-8H,1-5H3;3*3H,4H2,1-2H3;2H,7H2,1H3,(H,8,9);2H,7H2,1H3,(H,8,10);2H2,1H3;6*1H4/t9-;8-;;;;;;;;;;;;/m11............/s1. The third kappa shape index (κ3) is 32.1. The van der Waals surface area contributed by atoms with E-state index in [0.29, 0.717) is 114 Å². The van der Waals surface area contributed by atoms with Crippen molar-refractivity contribution in [2.24, 2.45) is 11.7 Å². The molecule has 0 aliphatic carbocycles. The number of anilines is 2. The van der Waals surface area contributed by atoms with Crippen molar-refractivity contribution in [2.45, 2.75) is 190 Å². The fourth-order valence-corrected chi connectivity index (χ4v) is 9.94. The van der Waals surface area contributed by atoms with Gasteiger partial charge in [0.05, 0.1) is 16.9 Å². The van der Waals surface area contributed by atoms with Gasteiger partial charge in [0.1, 0.15) is 33.0 Å². The summed E-state index contributed by atoms with van der Waals surface area (Å²) in [6.07, 6.45) is -11.2. The second kappa shape index (κ2) is 51.8. The van der Waals surface area contributed by atoms with Crippen molar-refractivity contribution < 1.29 is 82.4 Å². The molecule has 12 aromatic heterocycles. The Morgan fingerprint density at radius 1 is 0.476 bits per heavy atom. The maximum atomic E-state index is 14.2. The Bertz CT molecular complexity index is 5240. The molecule has 6 N–H and O–H groups in total. The summed E-state index contributed by atoms with van der Waals surface area (Å²) in [7, 11) is 6.85. The van der Waals surface area contributed by atoms with Gasteiger partial charge in [-0.05, 0) is 177 Å². The van der Waals surface area contributed by atoms with Crippen LogP contribution in [0, 0.1) is 53.2 Å². The third-order valence-corrected chi connectivity index (χ3v) is 17.5. The fraction of sp³-hybridized carbons (Fsp3) is 0.466. The molecule has 36 nitrogen and oxygen atoms in total. The summed E-state index contributed by atoms with van der Waals surface area (Å²) in [6, 6.07) is 12.5. The van der Waals surface area contributed by atoms with Crippen LogP contribution in [0.5, 0.6) is 11.8 Å². The third-order valence-electron chi connectivity index (χ3n) is 15.9. The number of hydrogen-bond donors (Lipinski definition) is 4. The van der Waals surface area contributed by atoms with Gasteiger partial charge in [0.2, 0.25) is 5.24 Å². The quantitative estimate of drug-likeness (QED) is 0.0204. The molecule has 0 saturated carbocycles. The van der Waals surface area contributed by atoms with E-state index in [0.717, 1.165) is 53.8 Å². The first-order valence-electron chi connectivity index (χ1n) is 34.0. The molecule has 0 unspecified atom stereocenters. The van der Waals surface area contributed by atoms with Crippen LogP contribution in [0.15, 0.2) is 60.9 Å². The molecular weight excluding hydrogens is 1780 g/mol. The topological polar surface area (TPSA) is 426 Å². The molecule has 12 aromatic rings. The van der Waals surface area contributed by atoms with E-state index in [4.69, 9.17) is 110 Å². The molecule has 0 spiro atoms. The molecule has 0 radical (unpaired) electrons. The number of carbonyl (C=O) groups excluding carboxylic acids is 1. The molecule has 1 aliphatic rings. The second-order valence-corrected chi connectivity index (χ2v) is 27.8. The zero-order valence-corrected chi connectivity index (χ0v) is 70.4. The van der Waals surface area contributed by atoms with Crippen molar-refractivity contribution in [1.29, 1.82) is 0 Å². The van der Waals surface area contributed by atoms with Gasteiger partial charge in [-0.25, -0.2) is 30.4 Å². The number of methoxy groups -OCH3 is 5. The number of ether oxygens (including phenoxy) is 7. The summed E-state index contributed by atoms with van der Waals surface area (Å²) in [4.78, 5) is 17.0. The van der Waals surface area contributed by atoms with Crippen molar-refractivity contribution in [3.05, 3.63) is 155 Å². The predicted molar refractivity (Wildman–Crippen MR) is 458 cm³/mol. The summed E-state index contributed by atoms with van der Waals surface area (Å²) in [6.45, 7) is 21.2. The number of nitrogens with zero attached hydrogens (tertiary/aromatic N) is 22. The highest BCUT2D eigenvalue weighted by atomic mass is 35.5. The smallest absolute Gasteiger partial charge is 0.463 e. The molecule has 1 saturated heterocycles. The molecule has 13 heterocycles. The Morgan fingerprint density at radius 3 is 1.27 bits per heavy atom. The first-order chi connectivity index (χ1) is 55.4. The molecule has 0 amide bonds. The lowest BCUT2D eigenvalue weighted by Crippen LogP contribution is -2.41. The Labute approximate surface area is 742 Å². The maximum absolute atomic E-state index is 14.2. The normalized spacial score (nSPS) is 12.5. The summed E-state index contributed by atoms with van der Waals surface area (Å²) in [5, 5.41) is 64.5. The summed E-state index contributed by atoms with van der Waals surface area (Å²) < 4.78 is 154.